The highest BCUT2D eigenvalue weighted by atomic mass is 32.2. The number of nitrogens with one attached hydrogen (secondary N) is 1. The molecule has 1 aliphatic heterocycles. The maximum absolute atomic E-state index is 13.6. The first kappa shape index (κ1) is 16.2. The number of hydrogen-bond acceptors (Lipinski definition) is 4. The van der Waals surface area contributed by atoms with Gasteiger partial charge in [0.2, 0.25) is 10.0 Å². The quantitative estimate of drug-likeness (QED) is 0.827. The summed E-state index contributed by atoms with van der Waals surface area (Å²) in [5, 5.41) is 0. The van der Waals surface area contributed by atoms with Crippen molar-refractivity contribution in [2.45, 2.75) is 37.6 Å². The fraction of sp³-hybridized carbons (Fsp3) is 0.571. The monoisotopic (exact) mass is 315 g/mol. The van der Waals surface area contributed by atoms with Gasteiger partial charge in [-0.3, -0.25) is 0 Å². The average Bonchev–Trinajstić information content (AvgIpc) is 2.38. The maximum Gasteiger partial charge on any atom is 0.241 e. The number of nitrogens with zero attached hydrogens (tertiary/aromatic N) is 1. The molecule has 1 saturated heterocycles. The standard InChI is InChI=1S/C14H22FN3O2S/c1-9-8-12(15)13(16)10(2)14(9)21(19,20)17-11-4-6-18(3)7-5-11/h8,11,17H,4-7,16H2,1-3H3. The molecule has 1 fully saturated rings. The summed E-state index contributed by atoms with van der Waals surface area (Å²) in [7, 11) is -1.68. The van der Waals surface area contributed by atoms with Crippen LogP contribution in [0.3, 0.4) is 0 Å². The van der Waals surface area contributed by atoms with Crippen LogP contribution in [0.2, 0.25) is 0 Å². The fourth-order valence-electron chi connectivity index (χ4n) is 2.75. The number of benzene rings is 1. The zero-order chi connectivity index (χ0) is 15.8. The number of anilines is 1. The second kappa shape index (κ2) is 5.90. The van der Waals surface area contributed by atoms with E-state index in [1.807, 2.05) is 7.05 Å². The molecule has 0 radical (unpaired) electrons. The van der Waals surface area contributed by atoms with E-state index >= 15 is 0 Å². The number of likely N-dealkylation sites (tertiary alicyclic amines) is 1. The van der Waals surface area contributed by atoms with E-state index in [2.05, 4.69) is 9.62 Å². The molecule has 0 bridgehead atoms. The number of piperidine rings is 1. The van der Waals surface area contributed by atoms with E-state index in [1.54, 1.807) is 6.92 Å². The van der Waals surface area contributed by atoms with Crippen molar-refractivity contribution in [3.63, 3.8) is 0 Å². The third-order valence-electron chi connectivity index (χ3n) is 4.01. The van der Waals surface area contributed by atoms with Gasteiger partial charge in [0, 0.05) is 6.04 Å². The number of nitrogen functional groups attached to an aromatic ring is 1. The molecule has 1 heterocycles. The van der Waals surface area contributed by atoms with Crippen molar-refractivity contribution < 1.29 is 12.8 Å². The minimum Gasteiger partial charge on any atom is -0.396 e. The molecule has 0 atom stereocenters. The summed E-state index contributed by atoms with van der Waals surface area (Å²) in [4.78, 5) is 2.26. The zero-order valence-corrected chi connectivity index (χ0v) is 13.4. The van der Waals surface area contributed by atoms with E-state index < -0.39 is 15.8 Å². The van der Waals surface area contributed by atoms with Gasteiger partial charge in [0.1, 0.15) is 5.82 Å². The highest BCUT2D eigenvalue weighted by Crippen LogP contribution is 2.28. The van der Waals surface area contributed by atoms with Crippen LogP contribution in [0, 0.1) is 19.7 Å². The molecule has 0 amide bonds. The summed E-state index contributed by atoms with van der Waals surface area (Å²) < 4.78 is 41.5. The number of aryl methyl sites for hydroxylation is 1. The Bertz CT molecular complexity index is 638. The lowest BCUT2D eigenvalue weighted by molar-refractivity contribution is 0.248. The lowest BCUT2D eigenvalue weighted by Gasteiger charge is -2.29. The van der Waals surface area contributed by atoms with Gasteiger partial charge in [-0.15, -0.1) is 0 Å². The lowest BCUT2D eigenvalue weighted by atomic mass is 10.1. The van der Waals surface area contributed by atoms with Crippen molar-refractivity contribution >= 4 is 15.7 Å². The molecule has 1 aromatic rings. The second-order valence-electron chi connectivity index (χ2n) is 5.74. The Morgan fingerprint density at radius 1 is 1.33 bits per heavy atom. The van der Waals surface area contributed by atoms with E-state index in [0.717, 1.165) is 25.9 Å². The predicted octanol–water partition coefficient (Wildman–Crippen LogP) is 1.40. The Hall–Kier alpha value is -1.18. The molecular formula is C14H22FN3O2S. The molecule has 118 valence electrons. The largest absolute Gasteiger partial charge is 0.396 e. The molecule has 3 N–H and O–H groups in total. The van der Waals surface area contributed by atoms with Crippen molar-refractivity contribution in [1.82, 2.24) is 9.62 Å². The average molecular weight is 315 g/mol. The van der Waals surface area contributed by atoms with E-state index in [-0.39, 0.29) is 22.2 Å². The molecule has 21 heavy (non-hydrogen) atoms. The first-order valence-electron chi connectivity index (χ1n) is 6.98. The minimum atomic E-state index is -3.69. The summed E-state index contributed by atoms with van der Waals surface area (Å²) in [6.07, 6.45) is 1.54. The van der Waals surface area contributed by atoms with Crippen LogP contribution < -0.4 is 10.5 Å². The van der Waals surface area contributed by atoms with Gasteiger partial charge in [-0.25, -0.2) is 17.5 Å². The van der Waals surface area contributed by atoms with Crippen molar-refractivity contribution in [2.75, 3.05) is 25.9 Å². The molecule has 0 saturated carbocycles. The van der Waals surface area contributed by atoms with Gasteiger partial charge < -0.3 is 10.6 Å². The molecule has 0 unspecified atom stereocenters. The fourth-order valence-corrected chi connectivity index (χ4v) is 4.54. The Balaban J connectivity index is 2.30. The Labute approximate surface area is 125 Å². The topological polar surface area (TPSA) is 75.4 Å². The van der Waals surface area contributed by atoms with Crippen LogP contribution in [0.25, 0.3) is 0 Å². The number of nitrogens with two attached hydrogens (primary N) is 1. The van der Waals surface area contributed by atoms with Crippen molar-refractivity contribution in [1.29, 1.82) is 0 Å². The van der Waals surface area contributed by atoms with Gasteiger partial charge >= 0.3 is 0 Å². The number of sulfonamides is 1. The van der Waals surface area contributed by atoms with Crippen molar-refractivity contribution in [3.05, 3.63) is 23.0 Å². The predicted molar refractivity (Wildman–Crippen MR) is 81.1 cm³/mol. The Morgan fingerprint density at radius 3 is 2.48 bits per heavy atom. The van der Waals surface area contributed by atoms with Crippen LogP contribution in [-0.4, -0.2) is 39.5 Å². The highest BCUT2D eigenvalue weighted by Gasteiger charge is 2.27. The molecule has 1 aliphatic rings. The van der Waals surface area contributed by atoms with Gasteiger partial charge in [-0.05, 0) is 64.0 Å². The lowest BCUT2D eigenvalue weighted by Crippen LogP contribution is -2.43. The molecule has 0 aliphatic carbocycles. The Kier molecular flexibility index (Phi) is 4.55. The van der Waals surface area contributed by atoms with Gasteiger partial charge in [0.15, 0.2) is 0 Å². The maximum atomic E-state index is 13.6. The summed E-state index contributed by atoms with van der Waals surface area (Å²) in [6, 6.07) is 1.09. The van der Waals surface area contributed by atoms with E-state index in [4.69, 9.17) is 5.73 Å². The molecular weight excluding hydrogens is 293 g/mol. The van der Waals surface area contributed by atoms with Crippen LogP contribution >= 0.6 is 0 Å². The van der Waals surface area contributed by atoms with Crippen LogP contribution in [0.5, 0.6) is 0 Å². The SMILES string of the molecule is Cc1cc(F)c(N)c(C)c1S(=O)(=O)NC1CCN(C)CC1. The summed E-state index contributed by atoms with van der Waals surface area (Å²) in [5.41, 5.74) is 6.16. The van der Waals surface area contributed by atoms with Gasteiger partial charge in [0.05, 0.1) is 10.6 Å². The van der Waals surface area contributed by atoms with E-state index in [0.29, 0.717) is 5.56 Å². The second-order valence-corrected chi connectivity index (χ2v) is 7.39. The van der Waals surface area contributed by atoms with Crippen LogP contribution in [0.1, 0.15) is 24.0 Å². The Morgan fingerprint density at radius 2 is 1.90 bits per heavy atom. The summed E-state index contributed by atoms with van der Waals surface area (Å²) in [6.45, 7) is 4.83. The number of rotatable bonds is 3. The number of halogens is 1. The van der Waals surface area contributed by atoms with Crippen LogP contribution in [0.4, 0.5) is 10.1 Å². The smallest absolute Gasteiger partial charge is 0.241 e. The van der Waals surface area contributed by atoms with E-state index in [1.165, 1.54) is 13.0 Å². The molecule has 0 spiro atoms. The molecule has 0 aromatic heterocycles. The van der Waals surface area contributed by atoms with Gasteiger partial charge in [0.25, 0.3) is 0 Å². The molecule has 2 rings (SSSR count). The van der Waals surface area contributed by atoms with E-state index in [9.17, 15) is 12.8 Å². The highest BCUT2D eigenvalue weighted by molar-refractivity contribution is 7.89. The third kappa shape index (κ3) is 3.36. The summed E-state index contributed by atoms with van der Waals surface area (Å²) in [5.74, 6) is -0.580. The zero-order valence-electron chi connectivity index (χ0n) is 12.6. The minimum absolute atomic E-state index is 0.0868. The van der Waals surface area contributed by atoms with Crippen LogP contribution in [-0.2, 0) is 10.0 Å². The number of hydrogen-bond donors (Lipinski definition) is 2. The van der Waals surface area contributed by atoms with Gasteiger partial charge in [-0.1, -0.05) is 0 Å². The molecule has 7 heteroatoms. The molecule has 5 nitrogen and oxygen atoms in total. The normalized spacial score (nSPS) is 18.1. The first-order chi connectivity index (χ1) is 9.72. The van der Waals surface area contributed by atoms with Gasteiger partial charge in [-0.2, -0.15) is 0 Å². The third-order valence-corrected chi connectivity index (χ3v) is 5.82. The van der Waals surface area contributed by atoms with Crippen molar-refractivity contribution in [3.8, 4) is 0 Å². The van der Waals surface area contributed by atoms with Crippen LogP contribution in [0.15, 0.2) is 11.0 Å². The molecule has 1 aromatic carbocycles. The first-order valence-corrected chi connectivity index (χ1v) is 8.46. The van der Waals surface area contributed by atoms with Crippen molar-refractivity contribution in [2.24, 2.45) is 0 Å². The summed E-state index contributed by atoms with van der Waals surface area (Å²) >= 11 is 0.